The minimum Gasteiger partial charge on any atom is -0.355 e. The van der Waals surface area contributed by atoms with Gasteiger partial charge in [-0.25, -0.2) is 9.97 Å². The van der Waals surface area contributed by atoms with Gasteiger partial charge < -0.3 is 10.6 Å². The molecule has 8 heteroatoms. The van der Waals surface area contributed by atoms with Crippen molar-refractivity contribution in [1.29, 1.82) is 0 Å². The van der Waals surface area contributed by atoms with Gasteiger partial charge in [-0.05, 0) is 23.5 Å². The van der Waals surface area contributed by atoms with Crippen LogP contribution in [-0.2, 0) is 5.41 Å². The molecule has 1 aliphatic heterocycles. The molecule has 2 fully saturated rings. The van der Waals surface area contributed by atoms with Crippen LogP contribution in [0, 0.1) is 11.8 Å². The van der Waals surface area contributed by atoms with Gasteiger partial charge in [0.15, 0.2) is 0 Å². The van der Waals surface area contributed by atoms with E-state index in [1.54, 1.807) is 6.07 Å². The molecular formula is C23H20Cl2N6. The minimum absolute atomic E-state index is 0.0954. The Labute approximate surface area is 189 Å². The summed E-state index contributed by atoms with van der Waals surface area (Å²) in [7, 11) is 0. The minimum atomic E-state index is 0.0954. The Morgan fingerprint density at radius 2 is 1.84 bits per heavy atom. The number of nitrogens with two attached hydrogens (primary N) is 1. The summed E-state index contributed by atoms with van der Waals surface area (Å²) in [6.07, 6.45) is 1.82. The van der Waals surface area contributed by atoms with Gasteiger partial charge in [0, 0.05) is 30.6 Å². The third-order valence-corrected chi connectivity index (χ3v) is 7.80. The number of nitrogens with zero attached hydrogens (tertiary/aromatic N) is 4. The maximum atomic E-state index is 6.39. The lowest BCUT2D eigenvalue weighted by molar-refractivity contribution is 0.553. The Morgan fingerprint density at radius 1 is 1.06 bits per heavy atom. The summed E-state index contributed by atoms with van der Waals surface area (Å²) in [6.45, 7) is 2.52. The Morgan fingerprint density at radius 3 is 2.58 bits per heavy atom. The SMILES string of the molecule is NCC1(c2ccccc2)[C@@H]2CN(c3cnc4c(-c5cccc(Cl)c5Cl)[nH]nc4n3)C[C@@H]21. The van der Waals surface area contributed by atoms with Gasteiger partial charge in [-0.3, -0.25) is 5.10 Å². The van der Waals surface area contributed by atoms with Crippen LogP contribution in [-0.4, -0.2) is 39.8 Å². The predicted octanol–water partition coefficient (Wildman–Crippen LogP) is 4.29. The van der Waals surface area contributed by atoms with E-state index in [4.69, 9.17) is 33.9 Å². The Bertz CT molecular complexity index is 1280. The van der Waals surface area contributed by atoms with E-state index in [0.717, 1.165) is 30.2 Å². The summed E-state index contributed by atoms with van der Waals surface area (Å²) in [5, 5.41) is 8.36. The van der Waals surface area contributed by atoms with Crippen LogP contribution >= 0.6 is 23.2 Å². The van der Waals surface area contributed by atoms with Gasteiger partial charge in [-0.15, -0.1) is 0 Å². The number of fused-ring (bicyclic) bond motifs is 2. The van der Waals surface area contributed by atoms with Crippen molar-refractivity contribution in [3.63, 3.8) is 0 Å². The Kier molecular flexibility index (Phi) is 4.25. The summed E-state index contributed by atoms with van der Waals surface area (Å²) in [5.41, 5.74) is 10.4. The second kappa shape index (κ2) is 6.92. The van der Waals surface area contributed by atoms with Crippen LogP contribution in [0.15, 0.2) is 54.7 Å². The first kappa shape index (κ1) is 19.0. The highest BCUT2D eigenvalue weighted by atomic mass is 35.5. The number of hydrogen-bond donors (Lipinski definition) is 2. The average molecular weight is 451 g/mol. The summed E-state index contributed by atoms with van der Waals surface area (Å²) in [6, 6.07) is 16.1. The molecule has 6 rings (SSSR count). The zero-order valence-electron chi connectivity index (χ0n) is 16.6. The summed E-state index contributed by atoms with van der Waals surface area (Å²) < 4.78 is 0. The van der Waals surface area contributed by atoms with Crippen molar-refractivity contribution in [2.45, 2.75) is 5.41 Å². The van der Waals surface area contributed by atoms with Gasteiger partial charge in [0.2, 0.25) is 5.65 Å². The average Bonchev–Trinajstić information content (AvgIpc) is 3.13. The van der Waals surface area contributed by atoms with Crippen molar-refractivity contribution in [3.8, 4) is 11.3 Å². The van der Waals surface area contributed by atoms with Crippen molar-refractivity contribution in [2.24, 2.45) is 17.6 Å². The molecule has 3 heterocycles. The molecule has 2 aromatic carbocycles. The fourth-order valence-electron chi connectivity index (χ4n) is 5.34. The van der Waals surface area contributed by atoms with E-state index in [2.05, 4.69) is 50.4 Å². The van der Waals surface area contributed by atoms with Crippen LogP contribution in [0.4, 0.5) is 5.82 Å². The number of H-pyrrole nitrogens is 1. The second-order valence-corrected chi connectivity index (χ2v) is 9.11. The van der Waals surface area contributed by atoms with Crippen LogP contribution in [0.3, 0.4) is 0 Å². The smallest absolute Gasteiger partial charge is 0.202 e. The molecule has 1 aliphatic carbocycles. The second-order valence-electron chi connectivity index (χ2n) is 8.33. The van der Waals surface area contributed by atoms with Crippen LogP contribution in [0.5, 0.6) is 0 Å². The molecule has 31 heavy (non-hydrogen) atoms. The lowest BCUT2D eigenvalue weighted by atomic mass is 9.90. The van der Waals surface area contributed by atoms with Crippen LogP contribution in [0.25, 0.3) is 22.4 Å². The van der Waals surface area contributed by atoms with E-state index >= 15 is 0 Å². The molecule has 1 unspecified atom stereocenters. The summed E-state index contributed by atoms with van der Waals surface area (Å²) in [5.74, 6) is 1.92. The third kappa shape index (κ3) is 2.72. The maximum absolute atomic E-state index is 6.39. The van der Waals surface area contributed by atoms with E-state index in [0.29, 0.717) is 39.6 Å². The van der Waals surface area contributed by atoms with Crippen molar-refractivity contribution in [3.05, 3.63) is 70.3 Å². The predicted molar refractivity (Wildman–Crippen MR) is 124 cm³/mol. The maximum Gasteiger partial charge on any atom is 0.202 e. The third-order valence-electron chi connectivity index (χ3n) is 6.98. The molecule has 4 aromatic rings. The van der Waals surface area contributed by atoms with Gasteiger partial charge in [-0.1, -0.05) is 65.7 Å². The first-order valence-electron chi connectivity index (χ1n) is 10.3. The Balaban J connectivity index is 1.28. The molecule has 2 aliphatic rings. The van der Waals surface area contributed by atoms with Crippen LogP contribution < -0.4 is 10.6 Å². The fraction of sp³-hybridized carbons (Fsp3) is 0.261. The van der Waals surface area contributed by atoms with Crippen molar-refractivity contribution >= 4 is 40.2 Å². The highest BCUT2D eigenvalue weighted by Crippen LogP contribution is 2.63. The molecule has 1 saturated heterocycles. The highest BCUT2D eigenvalue weighted by molar-refractivity contribution is 6.43. The molecule has 1 saturated carbocycles. The molecular weight excluding hydrogens is 431 g/mol. The van der Waals surface area contributed by atoms with E-state index in [9.17, 15) is 0 Å². The number of nitrogens with one attached hydrogen (secondary N) is 1. The van der Waals surface area contributed by atoms with E-state index in [1.165, 1.54) is 5.56 Å². The molecule has 0 bridgehead atoms. The molecule has 3 atom stereocenters. The van der Waals surface area contributed by atoms with Gasteiger partial charge >= 0.3 is 0 Å². The van der Waals surface area contributed by atoms with Gasteiger partial charge in [0.05, 0.1) is 21.9 Å². The van der Waals surface area contributed by atoms with E-state index < -0.39 is 0 Å². The topological polar surface area (TPSA) is 83.7 Å². The Hall–Kier alpha value is -2.67. The number of benzene rings is 2. The number of hydrogen-bond acceptors (Lipinski definition) is 5. The number of rotatable bonds is 4. The van der Waals surface area contributed by atoms with Crippen molar-refractivity contribution in [2.75, 3.05) is 24.5 Å². The largest absolute Gasteiger partial charge is 0.355 e. The molecule has 3 N–H and O–H groups in total. The van der Waals surface area contributed by atoms with E-state index in [1.807, 2.05) is 18.3 Å². The molecule has 156 valence electrons. The number of anilines is 1. The quantitative estimate of drug-likeness (QED) is 0.484. The van der Waals surface area contributed by atoms with Gasteiger partial charge in [0.25, 0.3) is 0 Å². The first-order valence-corrected chi connectivity index (χ1v) is 11.0. The summed E-state index contributed by atoms with van der Waals surface area (Å²) >= 11 is 12.6. The van der Waals surface area contributed by atoms with Crippen molar-refractivity contribution in [1.82, 2.24) is 20.2 Å². The zero-order chi connectivity index (χ0) is 21.2. The lowest BCUT2D eigenvalue weighted by Crippen LogP contribution is -2.35. The molecule has 0 radical (unpaired) electrons. The fourth-order valence-corrected chi connectivity index (χ4v) is 5.74. The van der Waals surface area contributed by atoms with Crippen LogP contribution in [0.1, 0.15) is 5.56 Å². The number of aromatic nitrogens is 4. The number of piperidine rings is 1. The molecule has 0 amide bonds. The number of aromatic amines is 1. The normalized spacial score (nSPS) is 24.5. The monoisotopic (exact) mass is 450 g/mol. The summed E-state index contributed by atoms with van der Waals surface area (Å²) in [4.78, 5) is 11.7. The first-order chi connectivity index (χ1) is 15.1. The standard InChI is InChI=1S/C23H20Cl2N6/c24-17-8-4-7-14(19(17)25)20-21-22(30-29-20)28-18(9-27-21)31-10-15-16(11-31)23(15,12-26)13-5-2-1-3-6-13/h1-9,15-16H,10-12,26H2,(H,28,29,30)/t15-,16+,23?. The van der Waals surface area contributed by atoms with Crippen LogP contribution in [0.2, 0.25) is 10.0 Å². The van der Waals surface area contributed by atoms with Crippen molar-refractivity contribution < 1.29 is 0 Å². The van der Waals surface area contributed by atoms with E-state index in [-0.39, 0.29) is 5.41 Å². The highest BCUT2D eigenvalue weighted by Gasteiger charge is 2.68. The number of halogens is 2. The lowest BCUT2D eigenvalue weighted by Gasteiger charge is -2.26. The molecule has 0 spiro atoms. The molecule has 6 nitrogen and oxygen atoms in total. The molecule has 2 aromatic heterocycles. The zero-order valence-corrected chi connectivity index (χ0v) is 18.1. The van der Waals surface area contributed by atoms with Gasteiger partial charge in [0.1, 0.15) is 11.3 Å². The van der Waals surface area contributed by atoms with Gasteiger partial charge in [-0.2, -0.15) is 5.10 Å².